The molecule has 5 rings (SSSR count). The average molecular weight is 406 g/mol. The molecule has 0 radical (unpaired) electrons. The zero-order valence-corrected chi connectivity index (χ0v) is 16.4. The molecule has 1 saturated heterocycles. The molecule has 0 unspecified atom stereocenters. The summed E-state index contributed by atoms with van der Waals surface area (Å²) in [4.78, 5) is 14.6. The van der Waals surface area contributed by atoms with Gasteiger partial charge in [-0.3, -0.25) is 4.79 Å². The number of hydrogen-bond donors (Lipinski definition) is 2. The smallest absolute Gasteiger partial charge is 0.277 e. The first-order valence-corrected chi connectivity index (χ1v) is 10.0. The molecule has 154 valence electrons. The Balaban J connectivity index is 1.21. The Bertz CT molecular complexity index is 1030. The van der Waals surface area contributed by atoms with Gasteiger partial charge in [-0.15, -0.1) is 5.10 Å². The summed E-state index contributed by atoms with van der Waals surface area (Å²) in [5, 5.41) is 18.2. The van der Waals surface area contributed by atoms with Crippen LogP contribution >= 0.6 is 0 Å². The predicted molar refractivity (Wildman–Crippen MR) is 111 cm³/mol. The number of ether oxygens (including phenoxy) is 1. The van der Waals surface area contributed by atoms with Gasteiger partial charge in [0.05, 0.1) is 25.1 Å². The molecule has 0 atom stereocenters. The van der Waals surface area contributed by atoms with Crippen molar-refractivity contribution in [2.75, 3.05) is 41.8 Å². The lowest BCUT2D eigenvalue weighted by Gasteiger charge is -2.28. The standard InChI is InChI=1S/C21H22N6O3/c28-21(18-12-19(30-26-18)14-1-2-14)24-16-5-3-15(4-6-16)23-20-11-17(13-22-25-20)27-7-9-29-10-8-27/h3-6,11-14H,1-2,7-10H2,(H,23,25)(H,24,28). The van der Waals surface area contributed by atoms with Crippen molar-refractivity contribution in [2.24, 2.45) is 0 Å². The largest absolute Gasteiger partial charge is 0.378 e. The van der Waals surface area contributed by atoms with E-state index in [4.69, 9.17) is 9.26 Å². The molecule has 0 spiro atoms. The number of nitrogens with zero attached hydrogens (tertiary/aromatic N) is 4. The van der Waals surface area contributed by atoms with E-state index in [0.717, 1.165) is 43.1 Å². The van der Waals surface area contributed by atoms with Crippen LogP contribution in [-0.2, 0) is 4.74 Å². The maximum atomic E-state index is 12.4. The number of anilines is 4. The van der Waals surface area contributed by atoms with Crippen LogP contribution in [0.5, 0.6) is 0 Å². The Labute approximate surface area is 173 Å². The van der Waals surface area contributed by atoms with Gasteiger partial charge in [-0.05, 0) is 37.1 Å². The molecular formula is C21H22N6O3. The molecule has 2 fully saturated rings. The summed E-state index contributed by atoms with van der Waals surface area (Å²) in [7, 11) is 0. The fourth-order valence-corrected chi connectivity index (χ4v) is 3.35. The van der Waals surface area contributed by atoms with Crippen molar-refractivity contribution in [1.82, 2.24) is 15.4 Å². The Hall–Kier alpha value is -3.46. The van der Waals surface area contributed by atoms with E-state index >= 15 is 0 Å². The maximum Gasteiger partial charge on any atom is 0.277 e. The number of carbonyl (C=O) groups is 1. The SMILES string of the molecule is O=C(Nc1ccc(Nc2cc(N3CCOCC3)cnn2)cc1)c1cc(C2CC2)on1. The molecule has 3 aromatic rings. The van der Waals surface area contributed by atoms with Gasteiger partial charge in [0.15, 0.2) is 11.5 Å². The second kappa shape index (κ2) is 8.11. The first-order valence-electron chi connectivity index (χ1n) is 10.0. The summed E-state index contributed by atoms with van der Waals surface area (Å²) >= 11 is 0. The predicted octanol–water partition coefficient (Wildman–Crippen LogP) is 3.17. The minimum Gasteiger partial charge on any atom is -0.378 e. The van der Waals surface area contributed by atoms with Gasteiger partial charge in [0, 0.05) is 42.5 Å². The van der Waals surface area contributed by atoms with Gasteiger partial charge in [0.2, 0.25) is 0 Å². The highest BCUT2D eigenvalue weighted by Crippen LogP contribution is 2.40. The van der Waals surface area contributed by atoms with E-state index in [-0.39, 0.29) is 5.91 Å². The van der Waals surface area contributed by atoms with Crippen molar-refractivity contribution in [3.8, 4) is 0 Å². The summed E-state index contributed by atoms with van der Waals surface area (Å²) in [6.45, 7) is 3.11. The van der Waals surface area contributed by atoms with Crippen LogP contribution in [0.4, 0.5) is 22.9 Å². The summed E-state index contributed by atoms with van der Waals surface area (Å²) in [5.41, 5.74) is 2.83. The zero-order chi connectivity index (χ0) is 20.3. The highest BCUT2D eigenvalue weighted by Gasteiger charge is 2.28. The van der Waals surface area contributed by atoms with Crippen LogP contribution in [-0.4, -0.2) is 47.6 Å². The molecule has 9 heteroatoms. The van der Waals surface area contributed by atoms with Gasteiger partial charge < -0.3 is 24.8 Å². The third kappa shape index (κ3) is 4.25. The molecule has 1 amide bonds. The lowest BCUT2D eigenvalue weighted by molar-refractivity contribution is 0.101. The van der Waals surface area contributed by atoms with Crippen molar-refractivity contribution in [3.63, 3.8) is 0 Å². The number of aromatic nitrogens is 3. The molecule has 9 nitrogen and oxygen atoms in total. The molecule has 0 bridgehead atoms. The monoisotopic (exact) mass is 406 g/mol. The zero-order valence-electron chi connectivity index (χ0n) is 16.4. The highest BCUT2D eigenvalue weighted by molar-refractivity contribution is 6.02. The molecule has 2 aliphatic rings. The minimum atomic E-state index is -0.282. The lowest BCUT2D eigenvalue weighted by atomic mass is 10.2. The first-order chi connectivity index (χ1) is 14.7. The lowest BCUT2D eigenvalue weighted by Crippen LogP contribution is -2.36. The van der Waals surface area contributed by atoms with Crippen molar-refractivity contribution >= 4 is 28.8 Å². The summed E-state index contributed by atoms with van der Waals surface area (Å²) in [6, 6.07) is 11.1. The molecule has 1 saturated carbocycles. The van der Waals surface area contributed by atoms with Crippen LogP contribution in [0.3, 0.4) is 0 Å². The molecule has 2 aromatic heterocycles. The van der Waals surface area contributed by atoms with Crippen LogP contribution in [0.25, 0.3) is 0 Å². The van der Waals surface area contributed by atoms with E-state index in [0.29, 0.717) is 36.3 Å². The Morgan fingerprint density at radius 2 is 1.83 bits per heavy atom. The molecule has 1 aliphatic carbocycles. The molecule has 2 N–H and O–H groups in total. The fraction of sp³-hybridized carbons (Fsp3) is 0.333. The second-order valence-corrected chi connectivity index (χ2v) is 7.44. The number of hydrogen-bond acceptors (Lipinski definition) is 8. The Kier molecular flexibility index (Phi) is 5.02. The van der Waals surface area contributed by atoms with E-state index in [2.05, 4.69) is 30.9 Å². The Morgan fingerprint density at radius 3 is 2.60 bits per heavy atom. The number of morpholine rings is 1. The van der Waals surface area contributed by atoms with Crippen molar-refractivity contribution in [3.05, 3.63) is 54.0 Å². The van der Waals surface area contributed by atoms with E-state index in [1.807, 2.05) is 30.3 Å². The average Bonchev–Trinajstić information content (AvgIpc) is 3.52. The Morgan fingerprint density at radius 1 is 1.07 bits per heavy atom. The first kappa shape index (κ1) is 18.6. The van der Waals surface area contributed by atoms with E-state index in [9.17, 15) is 4.79 Å². The number of carbonyl (C=O) groups excluding carboxylic acids is 1. The second-order valence-electron chi connectivity index (χ2n) is 7.44. The normalized spacial score (nSPS) is 16.3. The highest BCUT2D eigenvalue weighted by atomic mass is 16.5. The minimum absolute atomic E-state index is 0.282. The maximum absolute atomic E-state index is 12.4. The molecule has 1 aromatic carbocycles. The van der Waals surface area contributed by atoms with Gasteiger partial charge in [0.1, 0.15) is 5.76 Å². The summed E-state index contributed by atoms with van der Waals surface area (Å²) in [5.74, 6) is 1.59. The van der Waals surface area contributed by atoms with Gasteiger partial charge in [0.25, 0.3) is 5.91 Å². The summed E-state index contributed by atoms with van der Waals surface area (Å²) < 4.78 is 10.6. The van der Waals surface area contributed by atoms with Crippen LogP contribution in [0.15, 0.2) is 47.1 Å². The third-order valence-electron chi connectivity index (χ3n) is 5.17. The topological polar surface area (TPSA) is 105 Å². The van der Waals surface area contributed by atoms with E-state index in [1.165, 1.54) is 0 Å². The summed E-state index contributed by atoms with van der Waals surface area (Å²) in [6.07, 6.45) is 3.96. The van der Waals surface area contributed by atoms with Crippen LogP contribution < -0.4 is 15.5 Å². The van der Waals surface area contributed by atoms with Crippen molar-refractivity contribution < 1.29 is 14.1 Å². The van der Waals surface area contributed by atoms with Gasteiger partial charge in [-0.25, -0.2) is 0 Å². The molecule has 1 aliphatic heterocycles. The van der Waals surface area contributed by atoms with Gasteiger partial charge >= 0.3 is 0 Å². The molecular weight excluding hydrogens is 384 g/mol. The van der Waals surface area contributed by atoms with Crippen molar-refractivity contribution in [2.45, 2.75) is 18.8 Å². The number of amides is 1. The third-order valence-corrected chi connectivity index (χ3v) is 5.17. The van der Waals surface area contributed by atoms with Gasteiger partial charge in [-0.1, -0.05) is 5.16 Å². The number of nitrogens with one attached hydrogen (secondary N) is 2. The van der Waals surface area contributed by atoms with Crippen LogP contribution in [0.2, 0.25) is 0 Å². The molecule has 30 heavy (non-hydrogen) atoms. The number of benzene rings is 1. The van der Waals surface area contributed by atoms with Crippen LogP contribution in [0.1, 0.15) is 35.0 Å². The van der Waals surface area contributed by atoms with Crippen molar-refractivity contribution in [1.29, 1.82) is 0 Å². The molecule has 3 heterocycles. The van der Waals surface area contributed by atoms with Crippen LogP contribution in [0, 0.1) is 0 Å². The van der Waals surface area contributed by atoms with E-state index < -0.39 is 0 Å². The quantitative estimate of drug-likeness (QED) is 0.643. The fourth-order valence-electron chi connectivity index (χ4n) is 3.35. The number of rotatable bonds is 6. The van der Waals surface area contributed by atoms with Gasteiger partial charge in [-0.2, -0.15) is 5.10 Å². The van der Waals surface area contributed by atoms with E-state index in [1.54, 1.807) is 12.3 Å².